The van der Waals surface area contributed by atoms with Crippen LogP contribution in [0, 0.1) is 5.41 Å². The molecule has 0 aliphatic carbocycles. The van der Waals surface area contributed by atoms with Crippen LogP contribution in [0.5, 0.6) is 0 Å². The number of hydrogen-bond acceptors (Lipinski definition) is 3. The van der Waals surface area contributed by atoms with Crippen molar-refractivity contribution in [3.05, 3.63) is 0 Å². The van der Waals surface area contributed by atoms with Gasteiger partial charge in [-0.2, -0.15) is 0 Å². The van der Waals surface area contributed by atoms with Crippen LogP contribution in [0.3, 0.4) is 0 Å². The third-order valence-electron chi connectivity index (χ3n) is 2.71. The highest BCUT2D eigenvalue weighted by Crippen LogP contribution is 2.20. The van der Waals surface area contributed by atoms with E-state index in [4.69, 9.17) is 0 Å². The molecule has 0 bridgehead atoms. The Morgan fingerprint density at radius 1 is 1.06 bits per heavy atom. The van der Waals surface area contributed by atoms with E-state index >= 15 is 0 Å². The number of rotatable bonds is 7. The maximum absolute atomic E-state index is 11.7. The molecule has 0 aromatic carbocycles. The van der Waals surface area contributed by atoms with Crippen molar-refractivity contribution in [3.63, 3.8) is 0 Å². The molecule has 0 saturated carbocycles. The number of Topliss-reactive ketones (excluding diaryl/α,β-unsaturated/α-hetero) is 2. The highest BCUT2D eigenvalue weighted by Gasteiger charge is 2.19. The minimum atomic E-state index is -0.527. The zero-order valence-corrected chi connectivity index (χ0v) is 12.1. The second-order valence-corrected chi connectivity index (χ2v) is 6.03. The summed E-state index contributed by atoms with van der Waals surface area (Å²) < 4.78 is 0. The van der Waals surface area contributed by atoms with Gasteiger partial charge in [0.1, 0.15) is 5.78 Å². The molecule has 0 spiro atoms. The van der Waals surface area contributed by atoms with Gasteiger partial charge in [0.25, 0.3) is 0 Å². The maximum Gasteiger partial charge on any atom is 0.220 e. The number of nitrogens with one attached hydrogen (secondary N) is 1. The normalized spacial score (nSPS) is 12.9. The smallest absolute Gasteiger partial charge is 0.220 e. The molecule has 0 aromatic heterocycles. The van der Waals surface area contributed by atoms with Gasteiger partial charge in [0, 0.05) is 12.8 Å². The third kappa shape index (κ3) is 8.90. The zero-order valence-electron chi connectivity index (χ0n) is 12.1. The number of ketones is 2. The van der Waals surface area contributed by atoms with Crippen molar-refractivity contribution in [2.75, 3.05) is 0 Å². The molecule has 1 atom stereocenters. The van der Waals surface area contributed by atoms with E-state index < -0.39 is 6.04 Å². The van der Waals surface area contributed by atoms with Gasteiger partial charge in [0.15, 0.2) is 5.78 Å². The van der Waals surface area contributed by atoms with Gasteiger partial charge in [0.05, 0.1) is 6.04 Å². The second-order valence-electron chi connectivity index (χ2n) is 6.03. The van der Waals surface area contributed by atoms with Crippen LogP contribution in [-0.2, 0) is 14.4 Å². The van der Waals surface area contributed by atoms with Crippen molar-refractivity contribution >= 4 is 17.5 Å². The second kappa shape index (κ2) is 7.29. The van der Waals surface area contributed by atoms with Gasteiger partial charge in [-0.3, -0.25) is 9.59 Å². The van der Waals surface area contributed by atoms with Gasteiger partial charge in [0.2, 0.25) is 5.91 Å². The molecule has 0 aliphatic rings. The fourth-order valence-corrected chi connectivity index (χ4v) is 1.48. The van der Waals surface area contributed by atoms with Crippen LogP contribution in [0.15, 0.2) is 0 Å². The summed E-state index contributed by atoms with van der Waals surface area (Å²) in [6, 6.07) is -0.527. The molecule has 0 aliphatic heterocycles. The molecule has 0 aromatic rings. The van der Waals surface area contributed by atoms with Crippen LogP contribution < -0.4 is 5.32 Å². The zero-order chi connectivity index (χ0) is 14.3. The predicted molar refractivity (Wildman–Crippen MR) is 71.2 cm³/mol. The fourth-order valence-electron chi connectivity index (χ4n) is 1.48. The largest absolute Gasteiger partial charge is 0.346 e. The van der Waals surface area contributed by atoms with Crippen molar-refractivity contribution in [2.45, 2.75) is 66.3 Å². The van der Waals surface area contributed by atoms with Crippen LogP contribution in [0.4, 0.5) is 0 Å². The third-order valence-corrected chi connectivity index (χ3v) is 2.71. The first kappa shape index (κ1) is 16.8. The molecule has 0 fully saturated rings. The average Bonchev–Trinajstić information content (AvgIpc) is 2.19. The van der Waals surface area contributed by atoms with Gasteiger partial charge in [-0.05, 0) is 32.1 Å². The van der Waals surface area contributed by atoms with Crippen molar-refractivity contribution in [3.8, 4) is 0 Å². The monoisotopic (exact) mass is 255 g/mol. The molecule has 4 nitrogen and oxygen atoms in total. The SMILES string of the molecule is CC(=O)CCC(NC(=O)CCC(C)(C)C)C(C)=O. The van der Waals surface area contributed by atoms with Gasteiger partial charge in [-0.15, -0.1) is 0 Å². The number of hydrogen-bond donors (Lipinski definition) is 1. The molecule has 104 valence electrons. The van der Waals surface area contributed by atoms with E-state index in [1.165, 1.54) is 13.8 Å². The summed E-state index contributed by atoms with van der Waals surface area (Å²) in [5.41, 5.74) is 0.0996. The van der Waals surface area contributed by atoms with E-state index in [1.54, 1.807) is 0 Å². The molecule has 0 rings (SSSR count). The summed E-state index contributed by atoms with van der Waals surface area (Å²) in [6.07, 6.45) is 1.90. The van der Waals surface area contributed by atoms with E-state index in [9.17, 15) is 14.4 Å². The minimum absolute atomic E-state index is 0.0326. The van der Waals surface area contributed by atoms with Gasteiger partial charge < -0.3 is 10.1 Å². The van der Waals surface area contributed by atoms with Crippen molar-refractivity contribution in [1.29, 1.82) is 0 Å². The molecule has 0 radical (unpaired) electrons. The molecule has 0 saturated heterocycles. The molecule has 1 amide bonds. The number of amides is 1. The van der Waals surface area contributed by atoms with Gasteiger partial charge >= 0.3 is 0 Å². The summed E-state index contributed by atoms with van der Waals surface area (Å²) in [5.74, 6) is -0.181. The van der Waals surface area contributed by atoms with E-state index in [0.717, 1.165) is 6.42 Å². The first-order valence-corrected chi connectivity index (χ1v) is 6.41. The molecular formula is C14H25NO3. The Hall–Kier alpha value is -1.19. The maximum atomic E-state index is 11.7. The highest BCUT2D eigenvalue weighted by atomic mass is 16.2. The quantitative estimate of drug-likeness (QED) is 0.759. The topological polar surface area (TPSA) is 63.2 Å². The van der Waals surface area contributed by atoms with E-state index in [-0.39, 0.29) is 22.9 Å². The summed E-state index contributed by atoms with van der Waals surface area (Å²) >= 11 is 0. The van der Waals surface area contributed by atoms with Gasteiger partial charge in [-0.1, -0.05) is 20.8 Å². The van der Waals surface area contributed by atoms with Crippen LogP contribution in [-0.4, -0.2) is 23.5 Å². The molecule has 4 heteroatoms. The highest BCUT2D eigenvalue weighted by molar-refractivity contribution is 5.88. The molecule has 0 heterocycles. The van der Waals surface area contributed by atoms with Gasteiger partial charge in [-0.25, -0.2) is 0 Å². The minimum Gasteiger partial charge on any atom is -0.346 e. The lowest BCUT2D eigenvalue weighted by Gasteiger charge is -2.19. The standard InChI is InChI=1S/C14H25NO3/c1-10(16)6-7-12(11(2)17)15-13(18)8-9-14(3,4)5/h12H,6-9H2,1-5H3,(H,15,18). The lowest BCUT2D eigenvalue weighted by Crippen LogP contribution is -2.40. The van der Waals surface area contributed by atoms with Crippen LogP contribution in [0.2, 0.25) is 0 Å². The lowest BCUT2D eigenvalue weighted by molar-refractivity contribution is -0.127. The van der Waals surface area contributed by atoms with E-state index in [2.05, 4.69) is 26.1 Å². The first-order chi connectivity index (χ1) is 8.11. The molecular weight excluding hydrogens is 230 g/mol. The number of carbonyl (C=O) groups excluding carboxylic acids is 3. The van der Waals surface area contributed by atoms with Crippen LogP contribution in [0.1, 0.15) is 60.3 Å². The van der Waals surface area contributed by atoms with E-state index in [1.807, 2.05) is 0 Å². The molecule has 1 unspecified atom stereocenters. The van der Waals surface area contributed by atoms with Crippen molar-refractivity contribution < 1.29 is 14.4 Å². The average molecular weight is 255 g/mol. The Morgan fingerprint density at radius 2 is 1.61 bits per heavy atom. The van der Waals surface area contributed by atoms with Crippen LogP contribution in [0.25, 0.3) is 0 Å². The first-order valence-electron chi connectivity index (χ1n) is 6.41. The molecule has 1 N–H and O–H groups in total. The lowest BCUT2D eigenvalue weighted by atomic mass is 9.90. The number of carbonyl (C=O) groups is 3. The summed E-state index contributed by atoms with van der Waals surface area (Å²) in [6.45, 7) is 9.13. The van der Waals surface area contributed by atoms with Crippen LogP contribution >= 0.6 is 0 Å². The summed E-state index contributed by atoms with van der Waals surface area (Å²) in [4.78, 5) is 34.0. The van der Waals surface area contributed by atoms with E-state index in [0.29, 0.717) is 19.3 Å². The summed E-state index contributed by atoms with van der Waals surface area (Å²) in [7, 11) is 0. The van der Waals surface area contributed by atoms with Crippen molar-refractivity contribution in [1.82, 2.24) is 5.32 Å². The Kier molecular flexibility index (Phi) is 6.81. The predicted octanol–water partition coefficient (Wildman–Crippen LogP) is 2.26. The Labute approximate surface area is 110 Å². The Morgan fingerprint density at radius 3 is 2.00 bits per heavy atom. The Balaban J connectivity index is 4.20. The Bertz CT molecular complexity index is 315. The molecule has 18 heavy (non-hydrogen) atoms. The fraction of sp³-hybridized carbons (Fsp3) is 0.786. The summed E-state index contributed by atoms with van der Waals surface area (Å²) in [5, 5.41) is 2.70. The van der Waals surface area contributed by atoms with Crippen molar-refractivity contribution in [2.24, 2.45) is 5.41 Å².